The molecule has 0 radical (unpaired) electrons. The van der Waals surface area contributed by atoms with Gasteiger partial charge in [-0.15, -0.1) is 0 Å². The van der Waals surface area contributed by atoms with Crippen molar-refractivity contribution in [3.63, 3.8) is 0 Å². The van der Waals surface area contributed by atoms with E-state index in [4.69, 9.17) is 0 Å². The average molecular weight is 304 g/mol. The molecule has 4 rings (SSSR count). The van der Waals surface area contributed by atoms with Crippen LogP contribution in [0.3, 0.4) is 0 Å². The molecule has 0 fully saturated rings. The second-order valence-corrected chi connectivity index (χ2v) is 5.88. The molecule has 1 unspecified atom stereocenters. The van der Waals surface area contributed by atoms with Crippen molar-refractivity contribution in [2.24, 2.45) is 7.05 Å². The first-order valence-corrected chi connectivity index (χ1v) is 7.61. The van der Waals surface area contributed by atoms with E-state index in [1.54, 1.807) is 4.90 Å². The van der Waals surface area contributed by atoms with Crippen molar-refractivity contribution in [1.82, 2.24) is 4.57 Å². The number of anilines is 1. The average Bonchev–Trinajstić information content (AvgIpc) is 3.15. The van der Waals surface area contributed by atoms with Crippen molar-refractivity contribution >= 4 is 28.8 Å². The minimum absolute atomic E-state index is 0.0569. The van der Waals surface area contributed by atoms with Crippen LogP contribution >= 0.6 is 0 Å². The number of hydrogen-bond acceptors (Lipinski definition) is 2. The van der Waals surface area contributed by atoms with Crippen LogP contribution < -0.4 is 4.90 Å². The van der Waals surface area contributed by atoms with Crippen LogP contribution in [0.1, 0.15) is 21.8 Å². The van der Waals surface area contributed by atoms with Gasteiger partial charge in [-0.1, -0.05) is 24.3 Å². The summed E-state index contributed by atoms with van der Waals surface area (Å²) in [5, 5.41) is 0.937. The Kier molecular flexibility index (Phi) is 3.05. The molecule has 1 aromatic heterocycles. The van der Waals surface area contributed by atoms with E-state index in [0.29, 0.717) is 12.1 Å². The molecule has 1 amide bonds. The molecule has 1 aliphatic rings. The molecular weight excluding hydrogens is 288 g/mol. The Hall–Kier alpha value is -2.88. The van der Waals surface area contributed by atoms with Crippen molar-refractivity contribution < 1.29 is 9.59 Å². The predicted molar refractivity (Wildman–Crippen MR) is 89.8 cm³/mol. The van der Waals surface area contributed by atoms with Crippen LogP contribution in [0.25, 0.3) is 10.9 Å². The number of benzene rings is 2. The molecule has 4 nitrogen and oxygen atoms in total. The number of rotatable bonds is 2. The van der Waals surface area contributed by atoms with Crippen LogP contribution in [0.15, 0.2) is 54.7 Å². The first kappa shape index (κ1) is 13.8. The molecule has 2 heterocycles. The van der Waals surface area contributed by atoms with Crippen LogP contribution in [0.4, 0.5) is 5.69 Å². The van der Waals surface area contributed by atoms with E-state index >= 15 is 0 Å². The van der Waals surface area contributed by atoms with E-state index in [1.165, 1.54) is 0 Å². The molecule has 114 valence electrons. The molecule has 2 aromatic carbocycles. The second kappa shape index (κ2) is 5.09. The van der Waals surface area contributed by atoms with Gasteiger partial charge in [0.05, 0.1) is 5.92 Å². The van der Waals surface area contributed by atoms with Gasteiger partial charge in [0, 0.05) is 41.9 Å². The normalized spacial score (nSPS) is 16.6. The third-order valence-corrected chi connectivity index (χ3v) is 4.57. The molecule has 23 heavy (non-hydrogen) atoms. The van der Waals surface area contributed by atoms with Gasteiger partial charge >= 0.3 is 0 Å². The Balaban J connectivity index is 1.82. The fourth-order valence-corrected chi connectivity index (χ4v) is 3.38. The number of aldehydes is 1. The minimum atomic E-state index is -0.245. The highest BCUT2D eigenvalue weighted by atomic mass is 16.2. The lowest BCUT2D eigenvalue weighted by Gasteiger charge is -2.18. The zero-order valence-electron chi connectivity index (χ0n) is 12.8. The second-order valence-electron chi connectivity index (χ2n) is 5.88. The van der Waals surface area contributed by atoms with Gasteiger partial charge in [-0.2, -0.15) is 0 Å². The van der Waals surface area contributed by atoms with Gasteiger partial charge in [0.15, 0.2) is 0 Å². The third kappa shape index (κ3) is 1.99. The van der Waals surface area contributed by atoms with E-state index in [1.807, 2.05) is 66.3 Å². The summed E-state index contributed by atoms with van der Waals surface area (Å²) in [5.74, 6) is -0.302. The van der Waals surface area contributed by atoms with Crippen molar-refractivity contribution in [2.75, 3.05) is 11.4 Å². The molecule has 0 aliphatic carbocycles. The highest BCUT2D eigenvalue weighted by Crippen LogP contribution is 2.36. The summed E-state index contributed by atoms with van der Waals surface area (Å²) < 4.78 is 2.00. The Bertz CT molecular complexity index is 926. The summed E-state index contributed by atoms with van der Waals surface area (Å²) in [6.07, 6.45) is 2.88. The number of amides is 1. The number of aromatic nitrogens is 1. The van der Waals surface area contributed by atoms with E-state index in [-0.39, 0.29) is 11.8 Å². The lowest BCUT2D eigenvalue weighted by molar-refractivity contribution is -0.108. The maximum Gasteiger partial charge on any atom is 0.258 e. The van der Waals surface area contributed by atoms with Gasteiger partial charge in [-0.05, 0) is 29.8 Å². The molecule has 0 saturated carbocycles. The number of carbonyl (C=O) groups is 2. The Morgan fingerprint density at radius 1 is 1.13 bits per heavy atom. The van der Waals surface area contributed by atoms with Crippen molar-refractivity contribution in [1.29, 1.82) is 0 Å². The number of para-hydroxylation sites is 1. The van der Waals surface area contributed by atoms with Gasteiger partial charge in [-0.25, -0.2) is 0 Å². The number of hydrogen-bond donors (Lipinski definition) is 0. The molecule has 0 saturated heterocycles. The van der Waals surface area contributed by atoms with E-state index in [9.17, 15) is 9.59 Å². The van der Waals surface area contributed by atoms with Crippen molar-refractivity contribution in [2.45, 2.75) is 5.92 Å². The fourth-order valence-electron chi connectivity index (χ4n) is 3.38. The fraction of sp³-hybridized carbons (Fsp3) is 0.158. The molecular formula is C19H16N2O2. The smallest absolute Gasteiger partial charge is 0.258 e. The van der Waals surface area contributed by atoms with Gasteiger partial charge in [0.1, 0.15) is 6.29 Å². The van der Waals surface area contributed by atoms with Gasteiger partial charge in [0.25, 0.3) is 5.91 Å². The number of nitrogens with zero attached hydrogens (tertiary/aromatic N) is 2. The predicted octanol–water partition coefficient (Wildman–Crippen LogP) is 3.12. The molecule has 0 bridgehead atoms. The highest BCUT2D eigenvalue weighted by Gasteiger charge is 2.32. The maximum absolute atomic E-state index is 13.1. The quantitative estimate of drug-likeness (QED) is 0.683. The molecule has 0 spiro atoms. The van der Waals surface area contributed by atoms with Gasteiger partial charge in [-0.3, -0.25) is 4.79 Å². The summed E-state index contributed by atoms with van der Waals surface area (Å²) in [4.78, 5) is 26.2. The zero-order chi connectivity index (χ0) is 16.0. The molecule has 3 aromatic rings. The summed E-state index contributed by atoms with van der Waals surface area (Å²) in [7, 11) is 1.96. The number of aryl methyl sites for hydroxylation is 1. The molecule has 1 atom stereocenters. The zero-order valence-corrected chi connectivity index (χ0v) is 12.8. The third-order valence-electron chi connectivity index (χ3n) is 4.57. The summed E-state index contributed by atoms with van der Waals surface area (Å²) in [6, 6.07) is 15.3. The van der Waals surface area contributed by atoms with Crippen LogP contribution in [0, 0.1) is 0 Å². The standard InChI is InChI=1S/C19H16N2O2/c1-20-10-9-15-16(6-4-8-17(15)20)19(23)21-11-13(12-22)14-5-2-3-7-18(14)21/h2-10,12-13H,11H2,1H3. The van der Waals surface area contributed by atoms with Crippen molar-refractivity contribution in [3.8, 4) is 0 Å². The summed E-state index contributed by atoms with van der Waals surface area (Å²) in [6.45, 7) is 0.408. The van der Waals surface area contributed by atoms with Gasteiger partial charge in [0.2, 0.25) is 0 Å². The number of fused-ring (bicyclic) bond motifs is 2. The lowest BCUT2D eigenvalue weighted by atomic mass is 10.0. The molecule has 1 aliphatic heterocycles. The topological polar surface area (TPSA) is 42.3 Å². The minimum Gasteiger partial charge on any atom is -0.351 e. The highest BCUT2D eigenvalue weighted by molar-refractivity contribution is 6.15. The number of carbonyl (C=O) groups excluding carboxylic acids is 2. The monoisotopic (exact) mass is 304 g/mol. The van der Waals surface area contributed by atoms with Crippen LogP contribution in [0.2, 0.25) is 0 Å². The van der Waals surface area contributed by atoms with Crippen LogP contribution in [-0.4, -0.2) is 23.3 Å². The first-order valence-electron chi connectivity index (χ1n) is 7.61. The maximum atomic E-state index is 13.1. The summed E-state index contributed by atoms with van der Waals surface area (Å²) in [5.41, 5.74) is 3.46. The van der Waals surface area contributed by atoms with Gasteiger partial charge < -0.3 is 14.3 Å². The van der Waals surface area contributed by atoms with Crippen LogP contribution in [0.5, 0.6) is 0 Å². The Morgan fingerprint density at radius 3 is 2.78 bits per heavy atom. The molecule has 4 heteroatoms. The first-order chi connectivity index (χ1) is 11.2. The van der Waals surface area contributed by atoms with E-state index in [2.05, 4.69) is 0 Å². The molecule has 0 N–H and O–H groups in total. The van der Waals surface area contributed by atoms with E-state index in [0.717, 1.165) is 28.4 Å². The SMILES string of the molecule is Cn1ccc2c(C(=O)N3CC(C=O)c4ccccc43)cccc21. The lowest BCUT2D eigenvalue weighted by Crippen LogP contribution is -2.30. The largest absolute Gasteiger partial charge is 0.351 e. The Morgan fingerprint density at radius 2 is 1.96 bits per heavy atom. The van der Waals surface area contributed by atoms with Crippen LogP contribution in [-0.2, 0) is 11.8 Å². The Labute approximate surface area is 133 Å². The van der Waals surface area contributed by atoms with E-state index < -0.39 is 0 Å². The van der Waals surface area contributed by atoms with Crippen molar-refractivity contribution in [3.05, 3.63) is 65.9 Å². The summed E-state index contributed by atoms with van der Waals surface area (Å²) >= 11 is 0.